The van der Waals surface area contributed by atoms with Crippen molar-refractivity contribution in [3.8, 4) is 11.1 Å². The van der Waals surface area contributed by atoms with E-state index >= 15 is 0 Å². The Bertz CT molecular complexity index is 2590. The third-order valence-corrected chi connectivity index (χ3v) is 12.4. The molecular weight excluding hydrogens is 617 g/mol. The van der Waals surface area contributed by atoms with Gasteiger partial charge in [0.25, 0.3) is 0 Å². The fraction of sp³-hybridized carbons (Fsp3) is 0.184. The molecule has 248 valence electrons. The highest BCUT2D eigenvalue weighted by Gasteiger charge is 2.45. The van der Waals surface area contributed by atoms with Gasteiger partial charge in [-0.3, -0.25) is 0 Å². The maximum atomic E-state index is 2.55. The molecule has 0 saturated carbocycles. The number of hydrogen-bond donors (Lipinski definition) is 0. The minimum absolute atomic E-state index is 0.0916. The molecule has 0 aromatic heterocycles. The Morgan fingerprint density at radius 1 is 0.373 bits per heavy atom. The molecule has 0 unspecified atom stereocenters. The van der Waals surface area contributed by atoms with Crippen molar-refractivity contribution in [1.82, 2.24) is 0 Å². The smallest absolute Gasteiger partial charge is 0.0543 e. The molecule has 0 saturated heterocycles. The highest BCUT2D eigenvalue weighted by Crippen LogP contribution is 2.60. The van der Waals surface area contributed by atoms with Gasteiger partial charge in [-0.25, -0.2) is 0 Å². The van der Waals surface area contributed by atoms with E-state index in [1.807, 2.05) is 0 Å². The minimum atomic E-state index is -0.216. The van der Waals surface area contributed by atoms with Crippen LogP contribution in [0.2, 0.25) is 0 Å². The second kappa shape index (κ2) is 10.2. The summed E-state index contributed by atoms with van der Waals surface area (Å²) in [6.45, 7) is 14.3. The Kier molecular flexibility index (Phi) is 6.07. The zero-order valence-electron chi connectivity index (χ0n) is 30.3. The zero-order chi connectivity index (χ0) is 34.9. The minimum Gasteiger partial charge on any atom is -0.310 e. The SMILES string of the molecule is CC1(C)c2ccccc2-c2ccc(N(c3ccc4c(c3)C(C)(C)c3cccc5c3N4c3ccccc3C5(C)C)c3ccc4ccccc4c3)cc21. The molecule has 0 bridgehead atoms. The van der Waals surface area contributed by atoms with E-state index in [0.717, 1.165) is 11.4 Å². The van der Waals surface area contributed by atoms with Gasteiger partial charge in [-0.05, 0) is 104 Å². The van der Waals surface area contributed by atoms with Crippen molar-refractivity contribution in [2.75, 3.05) is 9.80 Å². The number of nitrogens with zero attached hydrogens (tertiary/aromatic N) is 2. The molecule has 10 rings (SSSR count). The van der Waals surface area contributed by atoms with Crippen LogP contribution < -0.4 is 9.80 Å². The summed E-state index contributed by atoms with van der Waals surface area (Å²) in [6.07, 6.45) is 0. The summed E-state index contributed by atoms with van der Waals surface area (Å²) in [5, 5.41) is 2.48. The number of para-hydroxylation sites is 2. The lowest BCUT2D eigenvalue weighted by Gasteiger charge is -2.49. The second-order valence-corrected chi connectivity index (χ2v) is 16.3. The van der Waals surface area contributed by atoms with Crippen molar-refractivity contribution in [3.05, 3.63) is 179 Å². The van der Waals surface area contributed by atoms with Crippen LogP contribution in [0.25, 0.3) is 21.9 Å². The molecule has 0 atom stereocenters. The molecule has 0 spiro atoms. The van der Waals surface area contributed by atoms with E-state index in [-0.39, 0.29) is 16.2 Å². The monoisotopic (exact) mass is 658 g/mol. The predicted molar refractivity (Wildman–Crippen MR) is 215 cm³/mol. The van der Waals surface area contributed by atoms with Crippen LogP contribution >= 0.6 is 0 Å². The average Bonchev–Trinajstić information content (AvgIpc) is 3.37. The Morgan fingerprint density at radius 2 is 0.882 bits per heavy atom. The van der Waals surface area contributed by atoms with Crippen molar-refractivity contribution in [2.24, 2.45) is 0 Å². The molecule has 0 radical (unpaired) electrons. The summed E-state index contributed by atoms with van der Waals surface area (Å²) in [5.41, 5.74) is 17.9. The predicted octanol–water partition coefficient (Wildman–Crippen LogP) is 13.4. The largest absolute Gasteiger partial charge is 0.310 e. The molecule has 2 nitrogen and oxygen atoms in total. The summed E-state index contributed by atoms with van der Waals surface area (Å²) < 4.78 is 0. The normalized spacial score (nSPS) is 16.5. The maximum Gasteiger partial charge on any atom is 0.0543 e. The third kappa shape index (κ3) is 4.05. The van der Waals surface area contributed by atoms with Crippen LogP contribution in [-0.4, -0.2) is 0 Å². The van der Waals surface area contributed by atoms with Gasteiger partial charge < -0.3 is 9.80 Å². The molecule has 7 aromatic rings. The van der Waals surface area contributed by atoms with E-state index < -0.39 is 0 Å². The molecule has 1 aliphatic carbocycles. The first-order valence-corrected chi connectivity index (χ1v) is 18.3. The van der Waals surface area contributed by atoms with Gasteiger partial charge >= 0.3 is 0 Å². The van der Waals surface area contributed by atoms with Gasteiger partial charge in [0.1, 0.15) is 0 Å². The molecule has 2 heterocycles. The fourth-order valence-corrected chi connectivity index (χ4v) is 9.60. The molecule has 2 aliphatic heterocycles. The molecule has 7 aromatic carbocycles. The highest BCUT2D eigenvalue weighted by atomic mass is 15.2. The molecule has 0 N–H and O–H groups in total. The number of anilines is 6. The van der Waals surface area contributed by atoms with Crippen LogP contribution in [-0.2, 0) is 16.2 Å². The van der Waals surface area contributed by atoms with E-state index in [9.17, 15) is 0 Å². The lowest BCUT2D eigenvalue weighted by Crippen LogP contribution is -2.38. The fourth-order valence-electron chi connectivity index (χ4n) is 9.60. The van der Waals surface area contributed by atoms with Gasteiger partial charge in [0, 0.05) is 33.3 Å². The lowest BCUT2D eigenvalue weighted by molar-refractivity contribution is 0.597. The number of benzene rings is 7. The molecule has 0 fully saturated rings. The summed E-state index contributed by atoms with van der Waals surface area (Å²) >= 11 is 0. The second-order valence-electron chi connectivity index (χ2n) is 16.3. The highest BCUT2D eigenvalue weighted by molar-refractivity contribution is 5.95. The van der Waals surface area contributed by atoms with Crippen LogP contribution in [0, 0.1) is 0 Å². The standard InChI is InChI=1S/C49H42N2/c1-47(2)38-17-10-9-16-36(38)37-26-24-34(29-42(37)47)50(33-23-22-31-14-7-8-15-32(31)28-33)35-25-27-45-43(30-35)49(5,6)41-20-13-19-40-46(41)51(45)44-21-12-11-18-39(44)48(40,3)4/h7-30H,1-6H3. The van der Waals surface area contributed by atoms with Crippen molar-refractivity contribution < 1.29 is 0 Å². The van der Waals surface area contributed by atoms with Gasteiger partial charge in [0.2, 0.25) is 0 Å². The lowest BCUT2D eigenvalue weighted by atomic mass is 9.66. The van der Waals surface area contributed by atoms with Gasteiger partial charge in [-0.1, -0.05) is 139 Å². The molecular formula is C49H42N2. The van der Waals surface area contributed by atoms with E-state index in [1.54, 1.807) is 0 Å². The van der Waals surface area contributed by atoms with Gasteiger partial charge in [0.05, 0.1) is 17.1 Å². The van der Waals surface area contributed by atoms with Crippen LogP contribution in [0.5, 0.6) is 0 Å². The third-order valence-electron chi connectivity index (χ3n) is 12.4. The van der Waals surface area contributed by atoms with Crippen molar-refractivity contribution in [1.29, 1.82) is 0 Å². The van der Waals surface area contributed by atoms with Crippen LogP contribution in [0.4, 0.5) is 34.1 Å². The van der Waals surface area contributed by atoms with Crippen molar-refractivity contribution >= 4 is 44.9 Å². The maximum absolute atomic E-state index is 2.55. The first-order valence-electron chi connectivity index (χ1n) is 18.3. The van der Waals surface area contributed by atoms with Crippen molar-refractivity contribution in [2.45, 2.75) is 57.8 Å². The first kappa shape index (κ1) is 30.2. The number of hydrogen-bond acceptors (Lipinski definition) is 2. The molecule has 3 aliphatic rings. The van der Waals surface area contributed by atoms with Gasteiger partial charge in [0.15, 0.2) is 0 Å². The van der Waals surface area contributed by atoms with Gasteiger partial charge in [-0.2, -0.15) is 0 Å². The van der Waals surface area contributed by atoms with E-state index in [2.05, 4.69) is 197 Å². The van der Waals surface area contributed by atoms with Crippen molar-refractivity contribution in [3.63, 3.8) is 0 Å². The number of fused-ring (bicyclic) bond motifs is 8. The van der Waals surface area contributed by atoms with Crippen LogP contribution in [0.15, 0.2) is 146 Å². The number of rotatable bonds is 3. The summed E-state index contributed by atoms with van der Waals surface area (Å²) in [7, 11) is 0. The first-order chi connectivity index (χ1) is 24.6. The average molecular weight is 659 g/mol. The van der Waals surface area contributed by atoms with E-state index in [1.165, 1.54) is 78.0 Å². The topological polar surface area (TPSA) is 6.48 Å². The van der Waals surface area contributed by atoms with E-state index in [0.29, 0.717) is 0 Å². The Balaban J connectivity index is 1.20. The van der Waals surface area contributed by atoms with Gasteiger partial charge in [-0.15, -0.1) is 0 Å². The Hall–Kier alpha value is -5.60. The molecule has 51 heavy (non-hydrogen) atoms. The molecule has 0 amide bonds. The summed E-state index contributed by atoms with van der Waals surface area (Å²) in [6, 6.07) is 54.7. The van der Waals surface area contributed by atoms with Crippen LogP contribution in [0.1, 0.15) is 74.9 Å². The summed E-state index contributed by atoms with van der Waals surface area (Å²) in [4.78, 5) is 5.02. The quantitative estimate of drug-likeness (QED) is 0.186. The Morgan fingerprint density at radius 3 is 1.67 bits per heavy atom. The van der Waals surface area contributed by atoms with E-state index in [4.69, 9.17) is 0 Å². The van der Waals surface area contributed by atoms with Crippen LogP contribution in [0.3, 0.4) is 0 Å². The Labute approximate surface area is 301 Å². The molecule has 2 heteroatoms. The zero-order valence-corrected chi connectivity index (χ0v) is 30.3. The summed E-state index contributed by atoms with van der Waals surface area (Å²) in [5.74, 6) is 0.